The lowest BCUT2D eigenvalue weighted by atomic mass is 10.2. The maximum atomic E-state index is 11.8. The van der Waals surface area contributed by atoms with E-state index in [0.717, 1.165) is 0 Å². The average molecular weight is 176 g/mol. The fourth-order valence-corrected chi connectivity index (χ4v) is 0.290. The van der Waals surface area contributed by atoms with E-state index in [1.165, 1.54) is 0 Å². The Kier molecular flexibility index (Phi) is 3.23. The summed E-state index contributed by atoms with van der Waals surface area (Å²) in [5.74, 6) is -4.22. The summed E-state index contributed by atoms with van der Waals surface area (Å²) in [4.78, 5) is 0. The predicted molar refractivity (Wildman–Crippen MR) is 24.7 cm³/mol. The molecule has 0 aliphatic rings. The van der Waals surface area contributed by atoms with Crippen LogP contribution in [0.3, 0.4) is 0 Å². The lowest BCUT2D eigenvalue weighted by Gasteiger charge is -2.12. The first-order valence-electron chi connectivity index (χ1n) is 2.34. The second-order valence-electron chi connectivity index (χ2n) is 1.58. The Hall–Kier alpha value is -0.860. The van der Waals surface area contributed by atoms with E-state index in [1.807, 2.05) is 0 Å². The normalized spacial score (nSPS) is 14.1. The highest BCUT2D eigenvalue weighted by Gasteiger charge is 2.45. The van der Waals surface area contributed by atoms with Crippen molar-refractivity contribution >= 4 is 0 Å². The summed E-state index contributed by atoms with van der Waals surface area (Å²) < 4.78 is 68.6. The van der Waals surface area contributed by atoms with Crippen LogP contribution in [0.4, 0.5) is 26.3 Å². The minimum absolute atomic E-state index is 0.170. The van der Waals surface area contributed by atoms with Crippen molar-refractivity contribution in [1.82, 2.24) is 0 Å². The van der Waals surface area contributed by atoms with E-state index in [1.54, 1.807) is 0 Å². The summed E-state index contributed by atoms with van der Waals surface area (Å²) in [5, 5.41) is 0. The predicted octanol–water partition coefficient (Wildman–Crippen LogP) is 2.16. The average Bonchev–Trinajstić information content (AvgIpc) is 1.86. The van der Waals surface area contributed by atoms with Crippen LogP contribution < -0.4 is 0 Å². The number of halogens is 6. The van der Waals surface area contributed by atoms with Crippen molar-refractivity contribution < 1.29 is 26.3 Å². The molecule has 0 amide bonds. The monoisotopic (exact) mass is 176 g/mol. The lowest BCUT2D eigenvalue weighted by molar-refractivity contribution is -0.0888. The molecule has 0 saturated heterocycles. The number of rotatable bonds is 2. The van der Waals surface area contributed by atoms with Crippen LogP contribution in [-0.2, 0) is 0 Å². The molecule has 0 aliphatic carbocycles. The van der Waals surface area contributed by atoms with Crippen molar-refractivity contribution in [1.29, 1.82) is 0 Å². The van der Waals surface area contributed by atoms with Gasteiger partial charge in [0.25, 0.3) is 6.43 Å². The van der Waals surface area contributed by atoms with Crippen LogP contribution in [-0.4, -0.2) is 18.5 Å². The van der Waals surface area contributed by atoms with Crippen molar-refractivity contribution in [2.75, 3.05) is 0 Å². The van der Waals surface area contributed by atoms with Gasteiger partial charge in [0.15, 0.2) is 0 Å². The topological polar surface area (TPSA) is 0 Å². The number of hydrogen-bond donors (Lipinski definition) is 0. The lowest BCUT2D eigenvalue weighted by Crippen LogP contribution is -2.34. The highest BCUT2D eigenvalue weighted by molar-refractivity contribution is 5.08. The fraction of sp³-hybridized carbons (Fsp3) is 0.600. The highest BCUT2D eigenvalue weighted by Crippen LogP contribution is 2.25. The zero-order valence-electron chi connectivity index (χ0n) is 4.92. The summed E-state index contributed by atoms with van der Waals surface area (Å²) in [6.45, 7) is 0. The first-order chi connectivity index (χ1) is 4.91. The highest BCUT2D eigenvalue weighted by atomic mass is 19.3. The van der Waals surface area contributed by atoms with E-state index < -0.39 is 18.5 Å². The zero-order chi connectivity index (χ0) is 9.07. The zero-order valence-corrected chi connectivity index (χ0v) is 4.92. The Morgan fingerprint density at radius 2 is 1.55 bits per heavy atom. The molecule has 0 nitrogen and oxygen atoms in total. The van der Waals surface area contributed by atoms with Crippen LogP contribution in [0.2, 0.25) is 0 Å². The Labute approximate surface area is 58.2 Å². The second-order valence-corrected chi connectivity index (χ2v) is 1.58. The summed E-state index contributed by atoms with van der Waals surface area (Å²) in [5.41, 5.74) is 0. The number of hydrogen-bond acceptors (Lipinski definition) is 0. The third-order valence-electron chi connectivity index (χ3n) is 0.781. The van der Waals surface area contributed by atoms with Gasteiger partial charge in [0.2, 0.25) is 6.17 Å². The van der Waals surface area contributed by atoms with E-state index in [4.69, 9.17) is 0 Å². The molecule has 1 unspecified atom stereocenters. The van der Waals surface area contributed by atoms with Crippen molar-refractivity contribution in [3.8, 4) is 12.1 Å². The van der Waals surface area contributed by atoms with Gasteiger partial charge in [-0.25, -0.2) is 13.2 Å². The Morgan fingerprint density at radius 1 is 1.09 bits per heavy atom. The molecule has 1 atom stereocenters. The molecule has 64 valence electrons. The van der Waals surface area contributed by atoms with Crippen LogP contribution in [0.5, 0.6) is 0 Å². The van der Waals surface area contributed by atoms with Crippen molar-refractivity contribution in [3.05, 3.63) is 0 Å². The molecule has 0 N–H and O–H groups in total. The molecule has 0 aromatic rings. The van der Waals surface area contributed by atoms with Crippen LogP contribution in [0.25, 0.3) is 0 Å². The summed E-state index contributed by atoms with van der Waals surface area (Å²) >= 11 is 0. The molecule has 0 aromatic carbocycles. The molecule has 0 fully saturated rings. The maximum absolute atomic E-state index is 11.8. The standard InChI is InChI=1S/C5H2F6/c6-2-1-5(10,11)3(7)4(8)9/h3-4H. The number of alkyl halides is 5. The van der Waals surface area contributed by atoms with E-state index in [-0.39, 0.29) is 6.17 Å². The van der Waals surface area contributed by atoms with Gasteiger partial charge in [0, 0.05) is 5.92 Å². The third-order valence-corrected chi connectivity index (χ3v) is 0.781. The Morgan fingerprint density at radius 3 is 1.82 bits per heavy atom. The summed E-state index contributed by atoms with van der Waals surface area (Å²) in [6.07, 6.45) is -7.44. The minimum atomic E-state index is -4.62. The Bertz CT molecular complexity index is 175. The van der Waals surface area contributed by atoms with Crippen molar-refractivity contribution in [2.24, 2.45) is 0 Å². The first-order valence-corrected chi connectivity index (χ1v) is 2.34. The molecular formula is C5H2F6. The molecule has 0 radical (unpaired) electrons. The molecule has 0 aliphatic heterocycles. The Balaban J connectivity index is 4.37. The molecule has 0 saturated carbocycles. The van der Waals surface area contributed by atoms with Gasteiger partial charge in [-0.2, -0.15) is 8.78 Å². The quantitative estimate of drug-likeness (QED) is 0.446. The second kappa shape index (κ2) is 3.51. The molecule has 0 spiro atoms. The van der Waals surface area contributed by atoms with E-state index >= 15 is 0 Å². The largest absolute Gasteiger partial charge is 0.346 e. The van der Waals surface area contributed by atoms with Gasteiger partial charge >= 0.3 is 5.92 Å². The molecule has 0 aromatic heterocycles. The van der Waals surface area contributed by atoms with Gasteiger partial charge in [-0.1, -0.05) is 0 Å². The van der Waals surface area contributed by atoms with Gasteiger partial charge in [-0.3, -0.25) is 0 Å². The molecular weight excluding hydrogens is 174 g/mol. The fourth-order valence-electron chi connectivity index (χ4n) is 0.290. The molecule has 6 heteroatoms. The minimum Gasteiger partial charge on any atom is -0.233 e. The maximum Gasteiger partial charge on any atom is 0.346 e. The van der Waals surface area contributed by atoms with E-state index in [0.29, 0.717) is 5.92 Å². The summed E-state index contributed by atoms with van der Waals surface area (Å²) in [7, 11) is 0. The molecule has 0 heterocycles. The van der Waals surface area contributed by atoms with Crippen LogP contribution in [0.15, 0.2) is 0 Å². The van der Waals surface area contributed by atoms with Gasteiger partial charge in [-0.15, -0.1) is 4.39 Å². The molecule has 11 heavy (non-hydrogen) atoms. The third kappa shape index (κ3) is 2.70. The van der Waals surface area contributed by atoms with Crippen LogP contribution in [0, 0.1) is 12.1 Å². The van der Waals surface area contributed by atoms with Gasteiger partial charge < -0.3 is 0 Å². The SMILES string of the molecule is FC#CC(F)(F)C(F)C(F)F. The van der Waals surface area contributed by atoms with E-state index in [9.17, 15) is 26.3 Å². The first kappa shape index (κ1) is 10.1. The van der Waals surface area contributed by atoms with Gasteiger partial charge in [-0.05, 0) is 0 Å². The van der Waals surface area contributed by atoms with Gasteiger partial charge in [0.05, 0.1) is 0 Å². The smallest absolute Gasteiger partial charge is 0.233 e. The van der Waals surface area contributed by atoms with Crippen LogP contribution >= 0.6 is 0 Å². The van der Waals surface area contributed by atoms with Crippen LogP contribution in [0.1, 0.15) is 0 Å². The van der Waals surface area contributed by atoms with Gasteiger partial charge in [0.1, 0.15) is 6.17 Å². The van der Waals surface area contributed by atoms with E-state index in [2.05, 4.69) is 0 Å². The van der Waals surface area contributed by atoms with Crippen molar-refractivity contribution in [3.63, 3.8) is 0 Å². The molecule has 0 bridgehead atoms. The molecule has 0 rings (SSSR count). The van der Waals surface area contributed by atoms with Crippen molar-refractivity contribution in [2.45, 2.75) is 18.5 Å². The summed E-state index contributed by atoms with van der Waals surface area (Å²) in [6, 6.07) is 0.